The maximum atomic E-state index is 14.2. The molecule has 27 heavy (non-hydrogen) atoms. The summed E-state index contributed by atoms with van der Waals surface area (Å²) in [4.78, 5) is 15.6. The molecule has 1 amide bonds. The molecule has 0 aromatic carbocycles. The summed E-state index contributed by atoms with van der Waals surface area (Å²) in [6.07, 6.45) is 1.66. The third-order valence-corrected chi connectivity index (χ3v) is 3.83. The van der Waals surface area contributed by atoms with Gasteiger partial charge in [-0.2, -0.15) is 10.4 Å². The van der Waals surface area contributed by atoms with Crippen molar-refractivity contribution in [2.75, 3.05) is 5.32 Å². The summed E-state index contributed by atoms with van der Waals surface area (Å²) < 4.78 is 19.3. The van der Waals surface area contributed by atoms with Crippen LogP contribution in [0.2, 0.25) is 5.15 Å². The van der Waals surface area contributed by atoms with E-state index in [1.165, 1.54) is 0 Å². The van der Waals surface area contributed by atoms with Crippen LogP contribution < -0.4 is 5.32 Å². The highest BCUT2D eigenvalue weighted by atomic mass is 35.5. The Bertz CT molecular complexity index is 728. The number of azo groups is 1. The van der Waals surface area contributed by atoms with Crippen LogP contribution in [0.3, 0.4) is 0 Å². The fourth-order valence-electron chi connectivity index (χ4n) is 2.18. The second-order valence-corrected chi connectivity index (χ2v) is 7.46. The van der Waals surface area contributed by atoms with Crippen LogP contribution in [0.15, 0.2) is 16.3 Å². The first-order valence-electron chi connectivity index (χ1n) is 8.74. The van der Waals surface area contributed by atoms with E-state index < -0.39 is 23.6 Å². The predicted octanol–water partition coefficient (Wildman–Crippen LogP) is 5.49. The van der Waals surface area contributed by atoms with Gasteiger partial charge in [-0.1, -0.05) is 36.5 Å². The van der Waals surface area contributed by atoms with Crippen molar-refractivity contribution in [2.45, 2.75) is 71.6 Å². The number of halogens is 2. The number of carbonyl (C=O) groups is 1. The van der Waals surface area contributed by atoms with Gasteiger partial charge in [-0.15, -0.1) is 0 Å². The lowest BCUT2D eigenvalue weighted by Gasteiger charge is -2.23. The van der Waals surface area contributed by atoms with E-state index in [2.05, 4.69) is 20.5 Å². The second-order valence-electron chi connectivity index (χ2n) is 7.10. The standard InChI is InChI=1S/C18H25ClFN5O2/c1-6-7-8-14(11(2)24-25-17(26)27-18(3,4)5)22-16-13(20)9-12(10-21)15(19)23-16/h9,11,14H,6-8H2,1-5H3,(H,22,23)/t11-,14+/m0/s1. The minimum Gasteiger partial charge on any atom is -0.441 e. The van der Waals surface area contributed by atoms with Crippen molar-refractivity contribution in [3.63, 3.8) is 0 Å². The Balaban J connectivity index is 2.94. The van der Waals surface area contributed by atoms with Crippen LogP contribution >= 0.6 is 11.6 Å². The van der Waals surface area contributed by atoms with E-state index in [1.54, 1.807) is 33.8 Å². The lowest BCUT2D eigenvalue weighted by Crippen LogP contribution is -2.31. The lowest BCUT2D eigenvalue weighted by atomic mass is 10.0. The quantitative estimate of drug-likeness (QED) is 0.484. The van der Waals surface area contributed by atoms with Gasteiger partial charge in [-0.25, -0.2) is 14.2 Å². The van der Waals surface area contributed by atoms with Crippen LogP contribution in [-0.2, 0) is 4.74 Å². The summed E-state index contributed by atoms with van der Waals surface area (Å²) in [5.74, 6) is -0.756. The lowest BCUT2D eigenvalue weighted by molar-refractivity contribution is 0.0587. The number of hydrogen-bond donors (Lipinski definition) is 1. The molecule has 0 saturated carbocycles. The smallest absolute Gasteiger partial charge is 0.441 e. The summed E-state index contributed by atoms with van der Waals surface area (Å²) in [6, 6.07) is 2.03. The van der Waals surface area contributed by atoms with Crippen LogP contribution in [0.25, 0.3) is 0 Å². The van der Waals surface area contributed by atoms with Gasteiger partial charge in [-0.3, -0.25) is 0 Å². The number of nitriles is 1. The highest BCUT2D eigenvalue weighted by Crippen LogP contribution is 2.22. The number of unbranched alkanes of at least 4 members (excludes halogenated alkanes) is 1. The number of hydrogen-bond acceptors (Lipinski definition) is 6. The zero-order valence-corrected chi connectivity index (χ0v) is 17.0. The third-order valence-electron chi connectivity index (χ3n) is 3.54. The highest BCUT2D eigenvalue weighted by molar-refractivity contribution is 6.30. The minimum atomic E-state index is -0.783. The number of nitrogens with one attached hydrogen (secondary N) is 1. The monoisotopic (exact) mass is 397 g/mol. The zero-order chi connectivity index (χ0) is 20.6. The van der Waals surface area contributed by atoms with E-state index in [4.69, 9.17) is 21.6 Å². The van der Waals surface area contributed by atoms with Gasteiger partial charge in [0.05, 0.1) is 17.6 Å². The summed E-state index contributed by atoms with van der Waals surface area (Å²) in [5, 5.41) is 19.3. The van der Waals surface area contributed by atoms with Gasteiger partial charge in [-0.05, 0) is 40.2 Å². The molecule has 0 radical (unpaired) electrons. The third kappa shape index (κ3) is 7.87. The summed E-state index contributed by atoms with van der Waals surface area (Å²) in [6.45, 7) is 8.99. The van der Waals surface area contributed by atoms with E-state index in [0.29, 0.717) is 6.42 Å². The number of nitrogens with zero attached hydrogens (tertiary/aromatic N) is 4. The van der Waals surface area contributed by atoms with E-state index in [1.807, 2.05) is 6.92 Å². The fraction of sp³-hybridized carbons (Fsp3) is 0.611. The topological polar surface area (TPSA) is 99.7 Å². The Morgan fingerprint density at radius 3 is 2.74 bits per heavy atom. The highest BCUT2D eigenvalue weighted by Gasteiger charge is 2.21. The number of pyridine rings is 1. The van der Waals surface area contributed by atoms with Gasteiger partial charge in [0, 0.05) is 0 Å². The molecule has 0 saturated heterocycles. The molecular formula is C18H25ClFN5O2. The molecule has 0 unspecified atom stereocenters. The van der Waals surface area contributed by atoms with Gasteiger partial charge < -0.3 is 10.1 Å². The van der Waals surface area contributed by atoms with Crippen molar-refractivity contribution in [1.82, 2.24) is 4.98 Å². The largest absolute Gasteiger partial charge is 0.452 e. The fourth-order valence-corrected chi connectivity index (χ4v) is 2.36. The molecule has 0 aliphatic carbocycles. The van der Waals surface area contributed by atoms with Gasteiger partial charge >= 0.3 is 6.09 Å². The second kappa shape index (κ2) is 10.2. The molecular weight excluding hydrogens is 373 g/mol. The Hall–Kier alpha value is -2.27. The Morgan fingerprint density at radius 2 is 2.19 bits per heavy atom. The maximum Gasteiger partial charge on any atom is 0.452 e. The number of amides is 1. The van der Waals surface area contributed by atoms with Crippen LogP contribution in [0.5, 0.6) is 0 Å². The molecule has 2 atom stereocenters. The van der Waals surface area contributed by atoms with E-state index in [9.17, 15) is 9.18 Å². The van der Waals surface area contributed by atoms with Gasteiger partial charge in [0.1, 0.15) is 16.8 Å². The number of ether oxygens (including phenoxy) is 1. The van der Waals surface area contributed by atoms with Crippen molar-refractivity contribution in [3.05, 3.63) is 22.6 Å². The molecule has 1 aromatic heterocycles. The molecule has 0 fully saturated rings. The molecule has 1 N–H and O–H groups in total. The first-order chi connectivity index (χ1) is 12.6. The average Bonchev–Trinajstić information content (AvgIpc) is 2.57. The Morgan fingerprint density at radius 1 is 1.52 bits per heavy atom. The molecule has 7 nitrogen and oxygen atoms in total. The molecule has 0 spiro atoms. The molecule has 9 heteroatoms. The van der Waals surface area contributed by atoms with E-state index in [-0.39, 0.29) is 22.6 Å². The number of anilines is 1. The molecule has 148 valence electrons. The van der Waals surface area contributed by atoms with Crippen LogP contribution in [0, 0.1) is 17.1 Å². The molecule has 0 aliphatic heterocycles. The van der Waals surface area contributed by atoms with Crippen molar-refractivity contribution in [1.29, 1.82) is 5.26 Å². The first-order valence-corrected chi connectivity index (χ1v) is 9.11. The van der Waals surface area contributed by atoms with Crippen LogP contribution in [-0.4, -0.2) is 28.8 Å². The molecule has 0 aliphatic rings. The summed E-state index contributed by atoms with van der Waals surface area (Å²) >= 11 is 5.89. The number of aromatic nitrogens is 1. The molecule has 1 rings (SSSR count). The van der Waals surface area contributed by atoms with E-state index in [0.717, 1.165) is 18.9 Å². The molecule has 1 heterocycles. The van der Waals surface area contributed by atoms with Gasteiger partial charge in [0.25, 0.3) is 0 Å². The van der Waals surface area contributed by atoms with Crippen molar-refractivity contribution in [2.24, 2.45) is 10.2 Å². The Labute approximate surface area is 164 Å². The Kier molecular flexibility index (Phi) is 8.57. The number of carbonyl (C=O) groups excluding carboxylic acids is 1. The van der Waals surface area contributed by atoms with Crippen LogP contribution in [0.4, 0.5) is 15.0 Å². The summed E-state index contributed by atoms with van der Waals surface area (Å²) in [5.41, 5.74) is -0.701. The van der Waals surface area contributed by atoms with Gasteiger partial charge in [0.2, 0.25) is 0 Å². The zero-order valence-electron chi connectivity index (χ0n) is 16.2. The van der Waals surface area contributed by atoms with Gasteiger partial charge in [0.15, 0.2) is 11.6 Å². The average molecular weight is 398 g/mol. The molecule has 1 aromatic rings. The van der Waals surface area contributed by atoms with E-state index >= 15 is 0 Å². The van der Waals surface area contributed by atoms with Crippen molar-refractivity contribution in [3.8, 4) is 6.07 Å². The first kappa shape index (κ1) is 22.8. The summed E-state index contributed by atoms with van der Waals surface area (Å²) in [7, 11) is 0. The minimum absolute atomic E-state index is 0.0394. The van der Waals surface area contributed by atoms with Crippen molar-refractivity contribution >= 4 is 23.5 Å². The van der Waals surface area contributed by atoms with Crippen molar-refractivity contribution < 1.29 is 13.9 Å². The molecule has 0 bridgehead atoms. The maximum absolute atomic E-state index is 14.2. The normalized spacial score (nSPS) is 13.9. The SMILES string of the molecule is CCCC[C@@H](Nc1nc(Cl)c(C#N)cc1F)[C@H](C)N=NC(=O)OC(C)(C)C. The predicted molar refractivity (Wildman–Crippen MR) is 101 cm³/mol. The van der Waals surface area contributed by atoms with Crippen LogP contribution in [0.1, 0.15) is 59.4 Å². The number of rotatable bonds is 7.